The van der Waals surface area contributed by atoms with Gasteiger partial charge in [-0.3, -0.25) is 0 Å². The van der Waals surface area contributed by atoms with Crippen molar-refractivity contribution in [3.8, 4) is 16.9 Å². The third-order valence-corrected chi connectivity index (χ3v) is 4.52. The van der Waals surface area contributed by atoms with Gasteiger partial charge < -0.3 is 9.47 Å². The van der Waals surface area contributed by atoms with E-state index in [1.54, 1.807) is 0 Å². The minimum atomic E-state index is -0.257. The predicted octanol–water partition coefficient (Wildman–Crippen LogP) is 6.13. The van der Waals surface area contributed by atoms with Crippen LogP contribution in [0.4, 0.5) is 0 Å². The number of carbonyl (C=O) groups excluding carboxylic acids is 1. The van der Waals surface area contributed by atoms with Gasteiger partial charge in [0.25, 0.3) is 0 Å². The molecule has 0 saturated carbocycles. The zero-order valence-corrected chi connectivity index (χ0v) is 16.2. The fourth-order valence-corrected chi connectivity index (χ4v) is 2.50. The van der Waals surface area contributed by atoms with E-state index in [1.807, 2.05) is 48.5 Å². The number of hydrogen-bond acceptors (Lipinski definition) is 3. The van der Waals surface area contributed by atoms with E-state index >= 15 is 0 Å². The lowest BCUT2D eigenvalue weighted by molar-refractivity contribution is 0.0447. The Morgan fingerprint density at radius 3 is 2.12 bits per heavy atom. The van der Waals surface area contributed by atoms with Crippen LogP contribution in [-0.2, 0) is 4.74 Å². The number of benzene rings is 2. The van der Waals surface area contributed by atoms with Crippen molar-refractivity contribution in [3.63, 3.8) is 0 Å². The smallest absolute Gasteiger partial charge is 0.338 e. The average molecular weight is 354 g/mol. The van der Waals surface area contributed by atoms with Crippen LogP contribution in [0.25, 0.3) is 11.1 Å². The quantitative estimate of drug-likeness (QED) is 0.380. The molecular weight excluding hydrogens is 324 g/mol. The minimum Gasteiger partial charge on any atom is -0.494 e. The van der Waals surface area contributed by atoms with Gasteiger partial charge in [-0.2, -0.15) is 0 Å². The fraction of sp³-hybridized carbons (Fsp3) is 0.435. The second kappa shape index (κ2) is 10.6. The predicted molar refractivity (Wildman–Crippen MR) is 107 cm³/mol. The first-order chi connectivity index (χ1) is 12.6. The molecule has 0 saturated heterocycles. The molecule has 0 bridgehead atoms. The summed E-state index contributed by atoms with van der Waals surface area (Å²) in [4.78, 5) is 12.1. The molecule has 0 aliphatic rings. The molecule has 3 heteroatoms. The first-order valence-electron chi connectivity index (χ1n) is 9.64. The molecule has 0 aliphatic heterocycles. The Morgan fingerprint density at radius 1 is 0.923 bits per heavy atom. The summed E-state index contributed by atoms with van der Waals surface area (Å²) in [5.74, 6) is 1.03. The van der Waals surface area contributed by atoms with Gasteiger partial charge in [-0.15, -0.1) is 0 Å². The highest BCUT2D eigenvalue weighted by Gasteiger charge is 2.09. The molecule has 3 nitrogen and oxygen atoms in total. The monoisotopic (exact) mass is 354 g/mol. The van der Waals surface area contributed by atoms with E-state index in [0.717, 1.165) is 36.3 Å². The van der Waals surface area contributed by atoms with Crippen molar-refractivity contribution in [1.82, 2.24) is 0 Å². The molecule has 2 rings (SSSR count). The normalized spacial score (nSPS) is 11.8. The van der Waals surface area contributed by atoms with Gasteiger partial charge in [0.2, 0.25) is 0 Å². The summed E-state index contributed by atoms with van der Waals surface area (Å²) >= 11 is 0. The van der Waals surface area contributed by atoms with Gasteiger partial charge in [0.05, 0.1) is 18.8 Å². The molecule has 0 heterocycles. The van der Waals surface area contributed by atoms with Crippen LogP contribution < -0.4 is 4.74 Å². The van der Waals surface area contributed by atoms with Crippen molar-refractivity contribution in [1.29, 1.82) is 0 Å². The van der Waals surface area contributed by atoms with E-state index in [2.05, 4.69) is 20.8 Å². The molecule has 1 atom stereocenters. The average Bonchev–Trinajstić information content (AvgIpc) is 2.69. The molecule has 2 aromatic rings. The molecule has 0 radical (unpaired) electrons. The lowest BCUT2D eigenvalue weighted by Crippen LogP contribution is -2.11. The first-order valence-corrected chi connectivity index (χ1v) is 9.64. The van der Waals surface area contributed by atoms with Crippen molar-refractivity contribution in [2.24, 2.45) is 5.92 Å². The number of hydrogen-bond donors (Lipinski definition) is 0. The Labute approximate surface area is 157 Å². The molecule has 0 aromatic heterocycles. The van der Waals surface area contributed by atoms with Gasteiger partial charge in [-0.25, -0.2) is 4.79 Å². The van der Waals surface area contributed by atoms with Gasteiger partial charge in [0, 0.05) is 0 Å². The summed E-state index contributed by atoms with van der Waals surface area (Å²) in [6, 6.07) is 15.6. The Hall–Kier alpha value is -2.29. The van der Waals surface area contributed by atoms with Crippen LogP contribution in [-0.4, -0.2) is 19.2 Å². The largest absolute Gasteiger partial charge is 0.494 e. The highest BCUT2D eigenvalue weighted by atomic mass is 16.5. The number of carbonyl (C=O) groups is 1. The van der Waals surface area contributed by atoms with Crippen LogP contribution in [0.15, 0.2) is 48.5 Å². The van der Waals surface area contributed by atoms with E-state index in [9.17, 15) is 4.79 Å². The topological polar surface area (TPSA) is 35.5 Å². The molecule has 0 N–H and O–H groups in total. The van der Waals surface area contributed by atoms with Gasteiger partial charge in [0.1, 0.15) is 5.75 Å². The fourth-order valence-electron chi connectivity index (χ4n) is 2.50. The number of unbranched alkanes of at least 4 members (excludes halogenated alkanes) is 2. The van der Waals surface area contributed by atoms with Crippen LogP contribution in [0.3, 0.4) is 0 Å². The Kier molecular flexibility index (Phi) is 8.20. The second-order valence-corrected chi connectivity index (χ2v) is 6.77. The molecule has 0 spiro atoms. The lowest BCUT2D eigenvalue weighted by Gasteiger charge is -2.10. The Bertz CT molecular complexity index is 659. The standard InChI is InChI=1S/C23H30O3/c1-4-6-7-16-25-22-14-12-20(13-15-22)19-8-10-21(11-9-19)23(24)26-17-18(3)5-2/h8-15,18H,4-7,16-17H2,1-3H3. The van der Waals surface area contributed by atoms with Crippen molar-refractivity contribution < 1.29 is 14.3 Å². The van der Waals surface area contributed by atoms with E-state index in [1.165, 1.54) is 12.8 Å². The Morgan fingerprint density at radius 2 is 1.54 bits per heavy atom. The van der Waals surface area contributed by atoms with E-state index in [0.29, 0.717) is 18.1 Å². The van der Waals surface area contributed by atoms with E-state index in [4.69, 9.17) is 9.47 Å². The molecule has 26 heavy (non-hydrogen) atoms. The maximum Gasteiger partial charge on any atom is 0.338 e. The molecule has 1 unspecified atom stereocenters. The molecule has 0 amide bonds. The van der Waals surface area contributed by atoms with Gasteiger partial charge in [-0.1, -0.05) is 64.3 Å². The van der Waals surface area contributed by atoms with E-state index in [-0.39, 0.29) is 5.97 Å². The number of ether oxygens (including phenoxy) is 2. The second-order valence-electron chi connectivity index (χ2n) is 6.77. The third-order valence-electron chi connectivity index (χ3n) is 4.52. The van der Waals surface area contributed by atoms with Gasteiger partial charge in [0.15, 0.2) is 0 Å². The summed E-state index contributed by atoms with van der Waals surface area (Å²) < 4.78 is 11.1. The summed E-state index contributed by atoms with van der Waals surface area (Å²) in [6.45, 7) is 7.59. The third kappa shape index (κ3) is 6.21. The summed E-state index contributed by atoms with van der Waals surface area (Å²) in [6.07, 6.45) is 4.49. The highest BCUT2D eigenvalue weighted by molar-refractivity contribution is 5.90. The van der Waals surface area contributed by atoms with Crippen LogP contribution >= 0.6 is 0 Å². The Balaban J connectivity index is 1.92. The molecule has 140 valence electrons. The van der Waals surface area contributed by atoms with Crippen LogP contribution in [0.5, 0.6) is 5.75 Å². The summed E-state index contributed by atoms with van der Waals surface area (Å²) in [7, 11) is 0. The molecular formula is C23H30O3. The maximum atomic E-state index is 12.1. The van der Waals surface area contributed by atoms with Crippen molar-refractivity contribution in [2.75, 3.05) is 13.2 Å². The lowest BCUT2D eigenvalue weighted by atomic mass is 10.0. The van der Waals surface area contributed by atoms with E-state index < -0.39 is 0 Å². The van der Waals surface area contributed by atoms with Crippen molar-refractivity contribution in [3.05, 3.63) is 54.1 Å². The first kappa shape index (κ1) is 20.0. The maximum absolute atomic E-state index is 12.1. The van der Waals surface area contributed by atoms with Crippen molar-refractivity contribution >= 4 is 5.97 Å². The summed E-state index contributed by atoms with van der Waals surface area (Å²) in [5.41, 5.74) is 2.76. The zero-order valence-electron chi connectivity index (χ0n) is 16.2. The zero-order chi connectivity index (χ0) is 18.8. The van der Waals surface area contributed by atoms with Crippen molar-refractivity contribution in [2.45, 2.75) is 46.5 Å². The van der Waals surface area contributed by atoms with Gasteiger partial charge in [-0.05, 0) is 47.7 Å². The van der Waals surface area contributed by atoms with Crippen LogP contribution in [0.2, 0.25) is 0 Å². The van der Waals surface area contributed by atoms with Crippen LogP contribution in [0.1, 0.15) is 56.8 Å². The summed E-state index contributed by atoms with van der Waals surface area (Å²) in [5, 5.41) is 0. The molecule has 0 aliphatic carbocycles. The molecule has 2 aromatic carbocycles. The minimum absolute atomic E-state index is 0.257. The van der Waals surface area contributed by atoms with Crippen LogP contribution in [0, 0.1) is 5.92 Å². The molecule has 0 fully saturated rings. The SMILES string of the molecule is CCCCCOc1ccc(-c2ccc(C(=O)OCC(C)CC)cc2)cc1. The highest BCUT2D eigenvalue weighted by Crippen LogP contribution is 2.23. The number of esters is 1. The number of rotatable bonds is 10. The van der Waals surface area contributed by atoms with Gasteiger partial charge >= 0.3 is 5.97 Å².